The maximum atomic E-state index is 13.3. The third-order valence-electron chi connectivity index (χ3n) is 3.35. The summed E-state index contributed by atoms with van der Waals surface area (Å²) in [5.41, 5.74) is -3.32. The van der Waals surface area contributed by atoms with Crippen molar-refractivity contribution in [2.45, 2.75) is 24.6 Å². The maximum Gasteiger partial charge on any atom is 0.425 e. The molecule has 1 atom stereocenters. The Hall–Kier alpha value is -1.87. The number of alkyl halides is 3. The highest BCUT2D eigenvalue weighted by Gasteiger charge is 2.58. The third kappa shape index (κ3) is 3.91. The van der Waals surface area contributed by atoms with Gasteiger partial charge in [-0.15, -0.1) is 11.3 Å². The number of nitrogens with one attached hydrogen (secondary N) is 1. The number of hydrogen-bond acceptors (Lipinski definition) is 4. The lowest BCUT2D eigenvalue weighted by Crippen LogP contribution is -2.48. The van der Waals surface area contributed by atoms with Gasteiger partial charge >= 0.3 is 6.18 Å². The monoisotopic (exact) mass is 347 g/mol. The second-order valence-corrected chi connectivity index (χ2v) is 6.11. The maximum absolute atomic E-state index is 13.3. The van der Waals surface area contributed by atoms with Crippen LogP contribution in [0, 0.1) is 0 Å². The smallest absolute Gasteiger partial charge is 0.374 e. The van der Waals surface area contributed by atoms with Crippen molar-refractivity contribution in [3.8, 4) is 0 Å². The molecule has 0 aliphatic rings. The van der Waals surface area contributed by atoms with Crippen LogP contribution < -0.4 is 5.32 Å². The van der Waals surface area contributed by atoms with Crippen LogP contribution in [0.5, 0.6) is 0 Å². The minimum absolute atomic E-state index is 0.202. The van der Waals surface area contributed by atoms with Gasteiger partial charge in [-0.1, -0.05) is 6.07 Å². The fraction of sp³-hybridized carbons (Fsp3) is 0.429. The number of amides is 1. The average molecular weight is 347 g/mol. The molecule has 126 valence electrons. The topological polar surface area (TPSA) is 67.1 Å². The largest absolute Gasteiger partial charge is 0.425 e. The van der Waals surface area contributed by atoms with Crippen LogP contribution in [-0.2, 0) is 23.9 Å². The van der Waals surface area contributed by atoms with E-state index in [1.54, 1.807) is 0 Å². The van der Waals surface area contributed by atoms with E-state index in [1.807, 2.05) is 17.5 Å². The van der Waals surface area contributed by atoms with Gasteiger partial charge in [0, 0.05) is 30.9 Å². The minimum Gasteiger partial charge on any atom is -0.374 e. The summed E-state index contributed by atoms with van der Waals surface area (Å²) < 4.78 is 40.9. The van der Waals surface area contributed by atoms with Gasteiger partial charge in [0.1, 0.15) is 0 Å². The van der Waals surface area contributed by atoms with Crippen LogP contribution in [0.4, 0.5) is 13.2 Å². The molecule has 0 aromatic carbocycles. The zero-order chi connectivity index (χ0) is 17.1. The van der Waals surface area contributed by atoms with E-state index < -0.39 is 29.9 Å². The van der Waals surface area contributed by atoms with E-state index in [1.165, 1.54) is 24.6 Å². The van der Waals surface area contributed by atoms with E-state index in [9.17, 15) is 23.1 Å². The van der Waals surface area contributed by atoms with Crippen molar-refractivity contribution in [3.63, 3.8) is 0 Å². The Kier molecular flexibility index (Phi) is 5.10. The summed E-state index contributed by atoms with van der Waals surface area (Å²) in [5, 5.41) is 14.4. The Morgan fingerprint density at radius 3 is 2.74 bits per heavy atom. The van der Waals surface area contributed by atoms with Gasteiger partial charge in [-0.25, -0.2) is 4.98 Å². The summed E-state index contributed by atoms with van der Waals surface area (Å²) in [4.78, 5) is 16.4. The van der Waals surface area contributed by atoms with Crippen LogP contribution >= 0.6 is 11.3 Å². The molecule has 0 saturated carbocycles. The van der Waals surface area contributed by atoms with Crippen molar-refractivity contribution in [1.82, 2.24) is 14.9 Å². The van der Waals surface area contributed by atoms with Crippen molar-refractivity contribution in [2.75, 3.05) is 6.54 Å². The highest BCUT2D eigenvalue weighted by Crippen LogP contribution is 2.40. The lowest BCUT2D eigenvalue weighted by molar-refractivity contribution is -0.271. The predicted octanol–water partition coefficient (Wildman–Crippen LogP) is 1.98. The molecule has 0 fully saturated rings. The zero-order valence-electron chi connectivity index (χ0n) is 12.3. The molecule has 5 nitrogen and oxygen atoms in total. The number of aryl methyl sites for hydroxylation is 1. The molecule has 0 bridgehead atoms. The van der Waals surface area contributed by atoms with Crippen molar-refractivity contribution in [1.29, 1.82) is 0 Å². The van der Waals surface area contributed by atoms with E-state index in [-0.39, 0.29) is 6.54 Å². The number of carbonyl (C=O) groups excluding carboxylic acids is 1. The number of hydrogen-bond donors (Lipinski definition) is 2. The van der Waals surface area contributed by atoms with Crippen LogP contribution in [0.1, 0.15) is 17.1 Å². The molecule has 0 aliphatic heterocycles. The molecule has 0 unspecified atom stereocenters. The van der Waals surface area contributed by atoms with E-state index in [0.717, 1.165) is 15.6 Å². The molecule has 1 amide bonds. The number of aromatic nitrogens is 2. The number of aliphatic hydroxyl groups is 1. The quantitative estimate of drug-likeness (QED) is 0.840. The normalized spacial score (nSPS) is 14.5. The molecular weight excluding hydrogens is 331 g/mol. The van der Waals surface area contributed by atoms with Gasteiger partial charge in [0.25, 0.3) is 0 Å². The first kappa shape index (κ1) is 17.5. The van der Waals surface area contributed by atoms with Crippen LogP contribution in [-0.4, -0.2) is 33.3 Å². The molecule has 0 spiro atoms. The Labute approximate surface area is 134 Å². The number of thiophene rings is 1. The second kappa shape index (κ2) is 6.71. The zero-order valence-corrected chi connectivity index (χ0v) is 13.1. The highest BCUT2D eigenvalue weighted by atomic mass is 32.1. The first-order valence-corrected chi connectivity index (χ1v) is 7.68. The molecule has 0 saturated heterocycles. The van der Waals surface area contributed by atoms with Crippen LogP contribution in [0.15, 0.2) is 29.9 Å². The molecule has 23 heavy (non-hydrogen) atoms. The molecule has 0 radical (unpaired) electrons. The van der Waals surface area contributed by atoms with E-state index in [0.29, 0.717) is 6.42 Å². The third-order valence-corrected chi connectivity index (χ3v) is 4.29. The molecule has 2 aromatic heterocycles. The number of carbonyl (C=O) groups is 1. The molecule has 2 rings (SSSR count). The first-order chi connectivity index (χ1) is 10.7. The summed E-state index contributed by atoms with van der Waals surface area (Å²) in [6.45, 7) is 0.202. The van der Waals surface area contributed by atoms with Gasteiger partial charge in [-0.2, -0.15) is 13.2 Å². The molecular formula is C14H16F3N3O2S. The van der Waals surface area contributed by atoms with E-state index in [2.05, 4.69) is 10.3 Å². The predicted molar refractivity (Wildman–Crippen MR) is 78.8 cm³/mol. The summed E-state index contributed by atoms with van der Waals surface area (Å²) in [6, 6.07) is 3.72. The Morgan fingerprint density at radius 1 is 1.48 bits per heavy atom. The molecule has 2 heterocycles. The van der Waals surface area contributed by atoms with Crippen LogP contribution in [0.3, 0.4) is 0 Å². The SMILES string of the molecule is Cn1ccnc1[C@](O)(CC(=O)NCCc1cccs1)C(F)(F)F. The molecule has 2 N–H and O–H groups in total. The summed E-state index contributed by atoms with van der Waals surface area (Å²) in [5.74, 6) is -1.50. The first-order valence-electron chi connectivity index (χ1n) is 6.80. The summed E-state index contributed by atoms with van der Waals surface area (Å²) >= 11 is 1.50. The molecule has 0 aliphatic carbocycles. The number of halogens is 3. The van der Waals surface area contributed by atoms with Gasteiger partial charge in [0.15, 0.2) is 5.82 Å². The summed E-state index contributed by atoms with van der Waals surface area (Å²) in [7, 11) is 1.33. The lowest BCUT2D eigenvalue weighted by Gasteiger charge is -2.29. The Bertz CT molecular complexity index is 655. The van der Waals surface area contributed by atoms with E-state index >= 15 is 0 Å². The van der Waals surface area contributed by atoms with Crippen molar-refractivity contribution in [3.05, 3.63) is 40.6 Å². The molecule has 2 aromatic rings. The summed E-state index contributed by atoms with van der Waals surface area (Å²) in [6.07, 6.45) is -3.21. The van der Waals surface area contributed by atoms with Gasteiger partial charge in [-0.05, 0) is 17.9 Å². The van der Waals surface area contributed by atoms with Gasteiger partial charge in [0.05, 0.1) is 6.42 Å². The molecule has 9 heteroatoms. The van der Waals surface area contributed by atoms with Gasteiger partial charge < -0.3 is 15.0 Å². The number of nitrogens with zero attached hydrogens (tertiary/aromatic N) is 2. The van der Waals surface area contributed by atoms with Gasteiger partial charge in [0.2, 0.25) is 11.5 Å². The standard InChI is InChI=1S/C14H16F3N3O2S/c1-20-7-6-19-12(20)13(22,14(15,16)17)9-11(21)18-5-4-10-3-2-8-23-10/h2-3,6-8,22H,4-5,9H2,1H3,(H,18,21)/t13-/m1/s1. The number of imidazole rings is 1. The van der Waals surface area contributed by atoms with Crippen molar-refractivity contribution < 1.29 is 23.1 Å². The average Bonchev–Trinajstić information content (AvgIpc) is 3.08. The van der Waals surface area contributed by atoms with Gasteiger partial charge in [-0.3, -0.25) is 4.79 Å². The second-order valence-electron chi connectivity index (χ2n) is 5.08. The van der Waals surface area contributed by atoms with Crippen molar-refractivity contribution in [2.24, 2.45) is 7.05 Å². The lowest BCUT2D eigenvalue weighted by atomic mass is 9.97. The van der Waals surface area contributed by atoms with Crippen LogP contribution in [0.25, 0.3) is 0 Å². The van der Waals surface area contributed by atoms with E-state index in [4.69, 9.17) is 0 Å². The Morgan fingerprint density at radius 2 is 2.22 bits per heavy atom. The number of rotatable bonds is 6. The van der Waals surface area contributed by atoms with Crippen LogP contribution in [0.2, 0.25) is 0 Å². The minimum atomic E-state index is -5.02. The Balaban J connectivity index is 2.03. The fourth-order valence-electron chi connectivity index (χ4n) is 2.14. The fourth-order valence-corrected chi connectivity index (χ4v) is 2.85. The van der Waals surface area contributed by atoms with Crippen molar-refractivity contribution >= 4 is 17.2 Å². The highest BCUT2D eigenvalue weighted by molar-refractivity contribution is 7.09.